The van der Waals surface area contributed by atoms with Gasteiger partial charge >= 0.3 is 0 Å². The van der Waals surface area contributed by atoms with Crippen LogP contribution in [0.5, 0.6) is 0 Å². The van der Waals surface area contributed by atoms with Crippen LogP contribution in [0.3, 0.4) is 0 Å². The molecule has 104 valence electrons. The summed E-state index contributed by atoms with van der Waals surface area (Å²) in [4.78, 5) is 11.3. The van der Waals surface area contributed by atoms with Crippen LogP contribution in [0.4, 0.5) is 5.82 Å². The van der Waals surface area contributed by atoms with Crippen LogP contribution >= 0.6 is 12.2 Å². The summed E-state index contributed by atoms with van der Waals surface area (Å²) >= 11 is 4.97. The van der Waals surface area contributed by atoms with E-state index in [2.05, 4.69) is 33.9 Å². The molecule has 2 aromatic heterocycles. The van der Waals surface area contributed by atoms with Gasteiger partial charge in [-0.2, -0.15) is 0 Å². The summed E-state index contributed by atoms with van der Waals surface area (Å²) in [5, 5.41) is 0. The minimum Gasteiger partial charge on any atom is -0.393 e. The Labute approximate surface area is 124 Å². The van der Waals surface area contributed by atoms with Gasteiger partial charge in [-0.05, 0) is 36.2 Å². The SMILES string of the molecule is Cc1ccnc(N(CCC(N)=S)Cc2cccnc2)c1. The van der Waals surface area contributed by atoms with Crippen molar-refractivity contribution in [3.8, 4) is 0 Å². The van der Waals surface area contributed by atoms with Crippen LogP contribution in [0, 0.1) is 6.92 Å². The van der Waals surface area contributed by atoms with Crippen LogP contribution < -0.4 is 10.6 Å². The fourth-order valence-electron chi connectivity index (χ4n) is 1.92. The Balaban J connectivity index is 2.18. The number of nitrogens with two attached hydrogens (primary N) is 1. The first kappa shape index (κ1) is 14.4. The lowest BCUT2D eigenvalue weighted by Gasteiger charge is -2.23. The molecule has 0 saturated carbocycles. The van der Waals surface area contributed by atoms with Gasteiger partial charge in [-0.25, -0.2) is 4.98 Å². The van der Waals surface area contributed by atoms with Gasteiger partial charge in [-0.3, -0.25) is 4.98 Å². The highest BCUT2D eigenvalue weighted by molar-refractivity contribution is 7.80. The molecule has 20 heavy (non-hydrogen) atoms. The minimum atomic E-state index is 0.522. The lowest BCUT2D eigenvalue weighted by atomic mass is 10.2. The van der Waals surface area contributed by atoms with E-state index in [1.807, 2.05) is 24.5 Å². The number of hydrogen-bond donors (Lipinski definition) is 1. The lowest BCUT2D eigenvalue weighted by Crippen LogP contribution is -2.28. The van der Waals surface area contributed by atoms with Gasteiger partial charge in [-0.1, -0.05) is 18.3 Å². The molecule has 2 rings (SSSR count). The normalized spacial score (nSPS) is 10.2. The number of rotatable bonds is 6. The van der Waals surface area contributed by atoms with Gasteiger partial charge in [0.15, 0.2) is 0 Å². The summed E-state index contributed by atoms with van der Waals surface area (Å²) in [5.74, 6) is 0.935. The molecule has 4 nitrogen and oxygen atoms in total. The second-order valence-electron chi connectivity index (χ2n) is 4.69. The Kier molecular flexibility index (Phi) is 5.01. The average Bonchev–Trinajstić information content (AvgIpc) is 2.44. The van der Waals surface area contributed by atoms with Crippen LogP contribution in [0.1, 0.15) is 17.5 Å². The average molecular weight is 286 g/mol. The van der Waals surface area contributed by atoms with Crippen molar-refractivity contribution in [1.82, 2.24) is 9.97 Å². The predicted molar refractivity (Wildman–Crippen MR) is 85.7 cm³/mol. The summed E-state index contributed by atoms with van der Waals surface area (Å²) in [6.07, 6.45) is 6.13. The molecule has 0 aliphatic carbocycles. The van der Waals surface area contributed by atoms with E-state index in [1.54, 1.807) is 6.20 Å². The second kappa shape index (κ2) is 6.96. The molecule has 0 aliphatic rings. The highest BCUT2D eigenvalue weighted by Gasteiger charge is 2.09. The molecule has 0 bridgehead atoms. The number of hydrogen-bond acceptors (Lipinski definition) is 4. The van der Waals surface area contributed by atoms with E-state index in [0.29, 0.717) is 11.4 Å². The standard InChI is InChI=1S/C15H18N4S/c1-12-4-7-18-15(9-12)19(8-5-14(16)20)11-13-3-2-6-17-10-13/h2-4,6-7,9-10H,5,8,11H2,1H3,(H2,16,20). The summed E-state index contributed by atoms with van der Waals surface area (Å²) < 4.78 is 0. The molecule has 2 heterocycles. The van der Waals surface area contributed by atoms with E-state index < -0.39 is 0 Å². The van der Waals surface area contributed by atoms with Gasteiger partial charge in [0, 0.05) is 38.1 Å². The van der Waals surface area contributed by atoms with Gasteiger partial charge in [0.25, 0.3) is 0 Å². The van der Waals surface area contributed by atoms with Crippen molar-refractivity contribution in [2.75, 3.05) is 11.4 Å². The molecule has 0 radical (unpaired) electrons. The third-order valence-electron chi connectivity index (χ3n) is 2.95. The smallest absolute Gasteiger partial charge is 0.129 e. The Morgan fingerprint density at radius 1 is 1.35 bits per heavy atom. The summed E-state index contributed by atoms with van der Waals surface area (Å²) in [6.45, 7) is 3.55. The van der Waals surface area contributed by atoms with Gasteiger partial charge < -0.3 is 10.6 Å². The van der Waals surface area contributed by atoms with E-state index in [-0.39, 0.29) is 0 Å². The van der Waals surface area contributed by atoms with Crippen molar-refractivity contribution in [2.45, 2.75) is 19.9 Å². The number of pyridine rings is 2. The zero-order valence-corrected chi connectivity index (χ0v) is 12.3. The molecule has 0 saturated heterocycles. The monoisotopic (exact) mass is 286 g/mol. The third-order valence-corrected chi connectivity index (χ3v) is 3.15. The Morgan fingerprint density at radius 3 is 2.85 bits per heavy atom. The van der Waals surface area contributed by atoms with Gasteiger partial charge in [-0.15, -0.1) is 0 Å². The van der Waals surface area contributed by atoms with Crippen molar-refractivity contribution in [3.05, 3.63) is 54.0 Å². The molecule has 0 amide bonds. The molecular formula is C15H18N4S. The van der Waals surface area contributed by atoms with E-state index in [1.165, 1.54) is 5.56 Å². The molecule has 5 heteroatoms. The van der Waals surface area contributed by atoms with Crippen molar-refractivity contribution in [3.63, 3.8) is 0 Å². The van der Waals surface area contributed by atoms with Crippen molar-refractivity contribution < 1.29 is 0 Å². The first-order chi connectivity index (χ1) is 9.65. The van der Waals surface area contributed by atoms with Crippen molar-refractivity contribution >= 4 is 23.0 Å². The number of aromatic nitrogens is 2. The largest absolute Gasteiger partial charge is 0.393 e. The highest BCUT2D eigenvalue weighted by Crippen LogP contribution is 2.16. The third kappa shape index (κ3) is 4.28. The zero-order valence-electron chi connectivity index (χ0n) is 11.5. The molecule has 0 aromatic carbocycles. The van der Waals surface area contributed by atoms with E-state index in [0.717, 1.165) is 24.5 Å². The predicted octanol–water partition coefficient (Wildman–Crippen LogP) is 2.47. The molecule has 2 N–H and O–H groups in total. The molecule has 0 spiro atoms. The number of aryl methyl sites for hydroxylation is 1. The van der Waals surface area contributed by atoms with Crippen LogP contribution in [0.2, 0.25) is 0 Å². The maximum atomic E-state index is 5.61. The maximum Gasteiger partial charge on any atom is 0.129 e. The minimum absolute atomic E-state index is 0.522. The number of nitrogens with zero attached hydrogens (tertiary/aromatic N) is 3. The van der Waals surface area contributed by atoms with Crippen LogP contribution in [0.25, 0.3) is 0 Å². The summed E-state index contributed by atoms with van der Waals surface area (Å²) in [5.41, 5.74) is 7.93. The lowest BCUT2D eigenvalue weighted by molar-refractivity contribution is 0.787. The van der Waals surface area contributed by atoms with E-state index in [4.69, 9.17) is 18.0 Å². The first-order valence-electron chi connectivity index (χ1n) is 6.50. The molecule has 0 atom stereocenters. The van der Waals surface area contributed by atoms with Crippen LogP contribution in [-0.4, -0.2) is 21.5 Å². The first-order valence-corrected chi connectivity index (χ1v) is 6.91. The molecular weight excluding hydrogens is 268 g/mol. The van der Waals surface area contributed by atoms with E-state index in [9.17, 15) is 0 Å². The Morgan fingerprint density at radius 2 is 2.20 bits per heavy atom. The quantitative estimate of drug-likeness (QED) is 0.827. The molecule has 0 aliphatic heterocycles. The number of thiocarbonyl (C=S) groups is 1. The second-order valence-corrected chi connectivity index (χ2v) is 5.21. The molecule has 0 fully saturated rings. The Bertz CT molecular complexity index is 571. The van der Waals surface area contributed by atoms with Crippen molar-refractivity contribution in [2.24, 2.45) is 5.73 Å². The Hall–Kier alpha value is -2.01. The summed E-state index contributed by atoms with van der Waals surface area (Å²) in [6, 6.07) is 8.04. The summed E-state index contributed by atoms with van der Waals surface area (Å²) in [7, 11) is 0. The number of anilines is 1. The van der Waals surface area contributed by atoms with Crippen LogP contribution in [0.15, 0.2) is 42.9 Å². The maximum absolute atomic E-state index is 5.61. The van der Waals surface area contributed by atoms with Gasteiger partial charge in [0.1, 0.15) is 5.82 Å². The zero-order chi connectivity index (χ0) is 14.4. The molecule has 0 unspecified atom stereocenters. The van der Waals surface area contributed by atoms with Gasteiger partial charge in [0.2, 0.25) is 0 Å². The highest BCUT2D eigenvalue weighted by atomic mass is 32.1. The molecule has 2 aromatic rings. The van der Waals surface area contributed by atoms with Crippen LogP contribution in [-0.2, 0) is 6.54 Å². The topological polar surface area (TPSA) is 55.0 Å². The fourth-order valence-corrected chi connectivity index (χ4v) is 2.02. The van der Waals surface area contributed by atoms with Gasteiger partial charge in [0.05, 0.1) is 4.99 Å². The fraction of sp³-hybridized carbons (Fsp3) is 0.267. The van der Waals surface area contributed by atoms with E-state index >= 15 is 0 Å². The van der Waals surface area contributed by atoms with Crippen molar-refractivity contribution in [1.29, 1.82) is 0 Å².